The van der Waals surface area contributed by atoms with Crippen LogP contribution in [0.15, 0.2) is 24.3 Å². The standard InChI is InChI=1S/C13H17N3O/c1-9(2)12(15)7-13(17)16-11-5-3-10(8-14)4-6-11/h3-6,9,12H,7,15H2,1-2H3,(H,16,17). The van der Waals surface area contributed by atoms with Gasteiger partial charge < -0.3 is 11.1 Å². The van der Waals surface area contributed by atoms with E-state index in [4.69, 9.17) is 11.0 Å². The number of carbonyl (C=O) groups excluding carboxylic acids is 1. The van der Waals surface area contributed by atoms with Crippen molar-refractivity contribution in [1.29, 1.82) is 5.26 Å². The van der Waals surface area contributed by atoms with E-state index in [1.807, 2.05) is 19.9 Å². The summed E-state index contributed by atoms with van der Waals surface area (Å²) >= 11 is 0. The molecule has 0 fully saturated rings. The lowest BCUT2D eigenvalue weighted by Gasteiger charge is -2.14. The van der Waals surface area contributed by atoms with E-state index in [0.717, 1.165) is 0 Å². The largest absolute Gasteiger partial charge is 0.327 e. The Hall–Kier alpha value is -1.86. The summed E-state index contributed by atoms with van der Waals surface area (Å²) in [6, 6.07) is 8.63. The Labute approximate surface area is 101 Å². The zero-order valence-corrected chi connectivity index (χ0v) is 10.1. The SMILES string of the molecule is CC(C)C(N)CC(=O)Nc1ccc(C#N)cc1. The van der Waals surface area contributed by atoms with Crippen molar-refractivity contribution in [2.24, 2.45) is 11.7 Å². The van der Waals surface area contributed by atoms with Crippen LogP contribution in [0.3, 0.4) is 0 Å². The van der Waals surface area contributed by atoms with Crippen molar-refractivity contribution in [3.8, 4) is 6.07 Å². The summed E-state index contributed by atoms with van der Waals surface area (Å²) in [6.07, 6.45) is 0.303. The number of anilines is 1. The fourth-order valence-corrected chi connectivity index (χ4v) is 1.29. The summed E-state index contributed by atoms with van der Waals surface area (Å²) in [5, 5.41) is 11.4. The molecule has 90 valence electrons. The van der Waals surface area contributed by atoms with Gasteiger partial charge in [-0.15, -0.1) is 0 Å². The molecular weight excluding hydrogens is 214 g/mol. The molecule has 1 aromatic rings. The quantitative estimate of drug-likeness (QED) is 0.830. The summed E-state index contributed by atoms with van der Waals surface area (Å²) in [4.78, 5) is 11.6. The minimum atomic E-state index is -0.131. The molecule has 0 heterocycles. The van der Waals surface area contributed by atoms with Crippen LogP contribution in [-0.2, 0) is 4.79 Å². The molecule has 0 aliphatic heterocycles. The Morgan fingerprint density at radius 2 is 2.00 bits per heavy atom. The van der Waals surface area contributed by atoms with Crippen LogP contribution >= 0.6 is 0 Å². The highest BCUT2D eigenvalue weighted by atomic mass is 16.1. The lowest BCUT2D eigenvalue weighted by atomic mass is 10.0. The van der Waals surface area contributed by atoms with E-state index < -0.39 is 0 Å². The number of benzene rings is 1. The monoisotopic (exact) mass is 231 g/mol. The molecule has 0 spiro atoms. The molecule has 1 amide bonds. The first-order valence-corrected chi connectivity index (χ1v) is 5.58. The van der Waals surface area contributed by atoms with Gasteiger partial charge in [0.2, 0.25) is 5.91 Å². The molecule has 0 aliphatic carbocycles. The van der Waals surface area contributed by atoms with Gasteiger partial charge in [-0.2, -0.15) is 5.26 Å². The second kappa shape index (κ2) is 6.02. The summed E-state index contributed by atoms with van der Waals surface area (Å²) in [5.41, 5.74) is 7.07. The van der Waals surface area contributed by atoms with Crippen molar-refractivity contribution in [1.82, 2.24) is 0 Å². The van der Waals surface area contributed by atoms with E-state index in [1.54, 1.807) is 24.3 Å². The molecule has 1 aromatic carbocycles. The van der Waals surface area contributed by atoms with Crippen molar-refractivity contribution in [2.45, 2.75) is 26.3 Å². The van der Waals surface area contributed by atoms with Crippen LogP contribution in [0.5, 0.6) is 0 Å². The molecular formula is C13H17N3O. The normalized spacial score (nSPS) is 11.9. The van der Waals surface area contributed by atoms with E-state index in [2.05, 4.69) is 5.32 Å². The number of rotatable bonds is 4. The molecule has 1 rings (SSSR count). The lowest BCUT2D eigenvalue weighted by Crippen LogP contribution is -2.31. The molecule has 0 aromatic heterocycles. The third kappa shape index (κ3) is 4.25. The van der Waals surface area contributed by atoms with Crippen molar-refractivity contribution >= 4 is 11.6 Å². The van der Waals surface area contributed by atoms with Crippen LogP contribution in [0, 0.1) is 17.2 Å². The summed E-state index contributed by atoms with van der Waals surface area (Å²) < 4.78 is 0. The topological polar surface area (TPSA) is 78.9 Å². The molecule has 0 radical (unpaired) electrons. The second-order valence-corrected chi connectivity index (χ2v) is 4.35. The number of nitriles is 1. The highest BCUT2D eigenvalue weighted by Gasteiger charge is 2.12. The number of nitrogens with zero attached hydrogens (tertiary/aromatic N) is 1. The molecule has 0 aliphatic rings. The molecule has 3 N–H and O–H groups in total. The predicted molar refractivity (Wildman–Crippen MR) is 67.2 cm³/mol. The molecule has 4 heteroatoms. The highest BCUT2D eigenvalue weighted by molar-refractivity contribution is 5.91. The number of hydrogen-bond donors (Lipinski definition) is 2. The first-order chi connectivity index (χ1) is 8.02. The van der Waals surface area contributed by atoms with Crippen LogP contribution < -0.4 is 11.1 Å². The van der Waals surface area contributed by atoms with E-state index in [-0.39, 0.29) is 17.9 Å². The Balaban J connectivity index is 2.54. The van der Waals surface area contributed by atoms with Crippen molar-refractivity contribution in [2.75, 3.05) is 5.32 Å². The van der Waals surface area contributed by atoms with Gasteiger partial charge in [-0.3, -0.25) is 4.79 Å². The molecule has 0 saturated carbocycles. The summed E-state index contributed by atoms with van der Waals surface area (Å²) in [7, 11) is 0. The van der Waals surface area contributed by atoms with Gasteiger partial charge >= 0.3 is 0 Å². The van der Waals surface area contributed by atoms with Gasteiger partial charge in [0.15, 0.2) is 0 Å². The first kappa shape index (κ1) is 13.2. The number of nitrogens with one attached hydrogen (secondary N) is 1. The molecule has 0 saturated heterocycles. The average molecular weight is 231 g/mol. The third-order valence-electron chi connectivity index (χ3n) is 2.58. The van der Waals surface area contributed by atoms with E-state index in [9.17, 15) is 4.79 Å². The van der Waals surface area contributed by atoms with Gasteiger partial charge in [0, 0.05) is 18.2 Å². The number of amides is 1. The van der Waals surface area contributed by atoms with Gasteiger partial charge in [0.05, 0.1) is 11.6 Å². The minimum absolute atomic E-state index is 0.101. The van der Waals surface area contributed by atoms with Gasteiger partial charge in [0.25, 0.3) is 0 Å². The van der Waals surface area contributed by atoms with Gasteiger partial charge in [-0.05, 0) is 30.2 Å². The van der Waals surface area contributed by atoms with Crippen LogP contribution in [0.4, 0.5) is 5.69 Å². The van der Waals surface area contributed by atoms with Crippen LogP contribution in [0.1, 0.15) is 25.8 Å². The van der Waals surface area contributed by atoms with Crippen LogP contribution in [-0.4, -0.2) is 11.9 Å². The predicted octanol–water partition coefficient (Wildman–Crippen LogP) is 1.87. The van der Waals surface area contributed by atoms with E-state index >= 15 is 0 Å². The molecule has 1 unspecified atom stereocenters. The maximum atomic E-state index is 11.6. The lowest BCUT2D eigenvalue weighted by molar-refractivity contribution is -0.116. The third-order valence-corrected chi connectivity index (χ3v) is 2.58. The Kier molecular flexibility index (Phi) is 4.68. The van der Waals surface area contributed by atoms with Gasteiger partial charge in [-0.25, -0.2) is 0 Å². The first-order valence-electron chi connectivity index (χ1n) is 5.58. The summed E-state index contributed by atoms with van der Waals surface area (Å²) in [6.45, 7) is 3.97. The van der Waals surface area contributed by atoms with E-state index in [0.29, 0.717) is 17.7 Å². The van der Waals surface area contributed by atoms with Crippen molar-refractivity contribution in [3.63, 3.8) is 0 Å². The van der Waals surface area contributed by atoms with Crippen molar-refractivity contribution in [3.05, 3.63) is 29.8 Å². The maximum Gasteiger partial charge on any atom is 0.225 e. The molecule has 17 heavy (non-hydrogen) atoms. The number of hydrogen-bond acceptors (Lipinski definition) is 3. The van der Waals surface area contributed by atoms with Crippen LogP contribution in [0.2, 0.25) is 0 Å². The van der Waals surface area contributed by atoms with Crippen molar-refractivity contribution < 1.29 is 4.79 Å². The summed E-state index contributed by atoms with van der Waals surface area (Å²) in [5.74, 6) is 0.178. The average Bonchev–Trinajstić information content (AvgIpc) is 2.29. The minimum Gasteiger partial charge on any atom is -0.327 e. The molecule has 0 bridgehead atoms. The smallest absolute Gasteiger partial charge is 0.225 e. The molecule has 1 atom stereocenters. The molecule has 4 nitrogen and oxygen atoms in total. The number of nitrogens with two attached hydrogens (primary N) is 1. The maximum absolute atomic E-state index is 11.6. The van der Waals surface area contributed by atoms with E-state index in [1.165, 1.54) is 0 Å². The Bertz CT molecular complexity index is 417. The fraction of sp³-hybridized carbons (Fsp3) is 0.385. The Morgan fingerprint density at radius 3 is 2.47 bits per heavy atom. The Morgan fingerprint density at radius 1 is 1.41 bits per heavy atom. The zero-order valence-electron chi connectivity index (χ0n) is 10.1. The van der Waals surface area contributed by atoms with Gasteiger partial charge in [0.1, 0.15) is 0 Å². The zero-order chi connectivity index (χ0) is 12.8. The van der Waals surface area contributed by atoms with Gasteiger partial charge in [-0.1, -0.05) is 13.8 Å². The fourth-order valence-electron chi connectivity index (χ4n) is 1.29. The van der Waals surface area contributed by atoms with Crippen LogP contribution in [0.25, 0.3) is 0 Å². The highest BCUT2D eigenvalue weighted by Crippen LogP contribution is 2.10. The number of carbonyl (C=O) groups is 1. The second-order valence-electron chi connectivity index (χ2n) is 4.35.